The molecule has 1 atom stereocenters. The molecule has 0 aromatic heterocycles. The minimum atomic E-state index is 0.339. The summed E-state index contributed by atoms with van der Waals surface area (Å²) in [7, 11) is 0. The van der Waals surface area contributed by atoms with Gasteiger partial charge in [0, 0.05) is 23.3 Å². The Bertz CT molecular complexity index is 307. The first-order valence-corrected chi connectivity index (χ1v) is 7.24. The SMILES string of the molecule is CSCCCC(CN)Nc1cccc(Cl)c1. The number of hydrogen-bond donors (Lipinski definition) is 2. The summed E-state index contributed by atoms with van der Waals surface area (Å²) in [5.74, 6) is 1.19. The maximum Gasteiger partial charge on any atom is 0.0426 e. The molecule has 1 aromatic rings. The normalized spacial score (nSPS) is 12.4. The number of benzene rings is 1. The molecule has 0 bridgehead atoms. The molecule has 0 aliphatic carbocycles. The minimum Gasteiger partial charge on any atom is -0.381 e. The fourth-order valence-electron chi connectivity index (χ4n) is 1.54. The van der Waals surface area contributed by atoms with Crippen molar-refractivity contribution in [1.82, 2.24) is 0 Å². The van der Waals surface area contributed by atoms with Crippen LogP contribution in [0.5, 0.6) is 0 Å². The van der Waals surface area contributed by atoms with Crippen molar-refractivity contribution in [3.63, 3.8) is 0 Å². The van der Waals surface area contributed by atoms with E-state index in [1.165, 1.54) is 12.2 Å². The molecular formula is C12H19ClN2S. The van der Waals surface area contributed by atoms with Crippen molar-refractivity contribution in [3.8, 4) is 0 Å². The van der Waals surface area contributed by atoms with Crippen LogP contribution in [0.3, 0.4) is 0 Å². The van der Waals surface area contributed by atoms with Gasteiger partial charge in [0.05, 0.1) is 0 Å². The molecule has 0 saturated carbocycles. The summed E-state index contributed by atoms with van der Waals surface area (Å²) in [6, 6.07) is 8.10. The van der Waals surface area contributed by atoms with E-state index in [9.17, 15) is 0 Å². The van der Waals surface area contributed by atoms with Crippen molar-refractivity contribution >= 4 is 29.1 Å². The number of anilines is 1. The predicted octanol–water partition coefficient (Wildman–Crippen LogP) is 3.22. The number of halogens is 1. The average Bonchev–Trinajstić information content (AvgIpc) is 2.28. The zero-order valence-electron chi connectivity index (χ0n) is 9.58. The molecule has 0 aliphatic rings. The van der Waals surface area contributed by atoms with Crippen LogP contribution in [0, 0.1) is 0 Å². The van der Waals surface area contributed by atoms with Gasteiger partial charge in [-0.05, 0) is 43.0 Å². The lowest BCUT2D eigenvalue weighted by atomic mass is 10.1. The number of nitrogens with one attached hydrogen (secondary N) is 1. The highest BCUT2D eigenvalue weighted by molar-refractivity contribution is 7.98. The first-order valence-electron chi connectivity index (χ1n) is 5.47. The van der Waals surface area contributed by atoms with Crippen LogP contribution in [0.4, 0.5) is 5.69 Å². The topological polar surface area (TPSA) is 38.0 Å². The van der Waals surface area contributed by atoms with E-state index >= 15 is 0 Å². The van der Waals surface area contributed by atoms with Gasteiger partial charge in [0.1, 0.15) is 0 Å². The Morgan fingerprint density at radius 3 is 2.94 bits per heavy atom. The molecule has 0 heterocycles. The fraction of sp³-hybridized carbons (Fsp3) is 0.500. The van der Waals surface area contributed by atoms with Crippen molar-refractivity contribution in [1.29, 1.82) is 0 Å². The van der Waals surface area contributed by atoms with Gasteiger partial charge in [-0.25, -0.2) is 0 Å². The van der Waals surface area contributed by atoms with Crippen LogP contribution in [-0.4, -0.2) is 24.6 Å². The Kier molecular flexibility index (Phi) is 6.69. The summed E-state index contributed by atoms with van der Waals surface area (Å²) < 4.78 is 0. The Balaban J connectivity index is 2.43. The molecule has 0 saturated heterocycles. The van der Waals surface area contributed by atoms with E-state index in [0.29, 0.717) is 12.6 Å². The van der Waals surface area contributed by atoms with E-state index < -0.39 is 0 Å². The quantitative estimate of drug-likeness (QED) is 0.738. The maximum atomic E-state index is 5.92. The third kappa shape index (κ3) is 5.10. The third-order valence-corrected chi connectivity index (χ3v) is 3.31. The summed E-state index contributed by atoms with van der Waals surface area (Å²) >= 11 is 7.80. The molecule has 0 radical (unpaired) electrons. The second-order valence-corrected chi connectivity index (χ2v) is 5.14. The van der Waals surface area contributed by atoms with Crippen LogP contribution >= 0.6 is 23.4 Å². The van der Waals surface area contributed by atoms with Gasteiger partial charge >= 0.3 is 0 Å². The van der Waals surface area contributed by atoms with Gasteiger partial charge < -0.3 is 11.1 Å². The van der Waals surface area contributed by atoms with Crippen LogP contribution in [0.25, 0.3) is 0 Å². The minimum absolute atomic E-state index is 0.339. The molecule has 0 amide bonds. The fourth-order valence-corrected chi connectivity index (χ4v) is 2.18. The highest BCUT2D eigenvalue weighted by Crippen LogP contribution is 2.16. The number of hydrogen-bond acceptors (Lipinski definition) is 3. The van der Waals surface area contributed by atoms with Gasteiger partial charge in [0.2, 0.25) is 0 Å². The monoisotopic (exact) mass is 258 g/mol. The molecular weight excluding hydrogens is 240 g/mol. The number of rotatable bonds is 7. The van der Waals surface area contributed by atoms with Crippen LogP contribution < -0.4 is 11.1 Å². The average molecular weight is 259 g/mol. The van der Waals surface area contributed by atoms with Crippen molar-refractivity contribution in [2.45, 2.75) is 18.9 Å². The standard InChI is InChI=1S/C12H19ClN2S/c1-16-7-3-6-12(9-14)15-11-5-2-4-10(13)8-11/h2,4-5,8,12,15H,3,6-7,9,14H2,1H3. The van der Waals surface area contributed by atoms with Crippen molar-refractivity contribution < 1.29 is 0 Å². The molecule has 0 spiro atoms. The van der Waals surface area contributed by atoms with E-state index in [-0.39, 0.29) is 0 Å². The van der Waals surface area contributed by atoms with E-state index in [2.05, 4.69) is 11.6 Å². The first-order chi connectivity index (χ1) is 7.76. The lowest BCUT2D eigenvalue weighted by Crippen LogP contribution is -2.28. The second-order valence-electron chi connectivity index (χ2n) is 3.72. The van der Waals surface area contributed by atoms with E-state index in [1.54, 1.807) is 0 Å². The van der Waals surface area contributed by atoms with Crippen molar-refractivity contribution in [2.24, 2.45) is 5.73 Å². The molecule has 1 aromatic carbocycles. The van der Waals surface area contributed by atoms with Crippen LogP contribution in [0.15, 0.2) is 24.3 Å². The van der Waals surface area contributed by atoms with Gasteiger partial charge in [0.15, 0.2) is 0 Å². The molecule has 16 heavy (non-hydrogen) atoms. The Morgan fingerprint density at radius 1 is 1.50 bits per heavy atom. The molecule has 1 rings (SSSR count). The summed E-state index contributed by atoms with van der Waals surface area (Å²) in [6.07, 6.45) is 4.42. The van der Waals surface area contributed by atoms with Crippen LogP contribution in [-0.2, 0) is 0 Å². The Morgan fingerprint density at radius 2 is 2.31 bits per heavy atom. The zero-order valence-corrected chi connectivity index (χ0v) is 11.2. The Labute approximate surface area is 107 Å². The summed E-state index contributed by atoms with van der Waals surface area (Å²) in [5, 5.41) is 4.16. The van der Waals surface area contributed by atoms with Crippen molar-refractivity contribution in [2.75, 3.05) is 23.9 Å². The highest BCUT2D eigenvalue weighted by atomic mass is 35.5. The van der Waals surface area contributed by atoms with E-state index in [4.69, 9.17) is 17.3 Å². The van der Waals surface area contributed by atoms with Gasteiger partial charge in [-0.3, -0.25) is 0 Å². The lowest BCUT2D eigenvalue weighted by molar-refractivity contribution is 0.652. The Hall–Kier alpha value is -0.380. The van der Waals surface area contributed by atoms with Gasteiger partial charge in [-0.1, -0.05) is 17.7 Å². The first kappa shape index (κ1) is 13.7. The number of thioether (sulfide) groups is 1. The van der Waals surface area contributed by atoms with Crippen LogP contribution in [0.2, 0.25) is 5.02 Å². The van der Waals surface area contributed by atoms with Gasteiger partial charge in [0.25, 0.3) is 0 Å². The zero-order chi connectivity index (χ0) is 11.8. The molecule has 90 valence electrons. The second kappa shape index (κ2) is 7.82. The molecule has 0 fully saturated rings. The van der Waals surface area contributed by atoms with Crippen molar-refractivity contribution in [3.05, 3.63) is 29.3 Å². The molecule has 1 unspecified atom stereocenters. The van der Waals surface area contributed by atoms with E-state index in [1.807, 2.05) is 36.0 Å². The lowest BCUT2D eigenvalue weighted by Gasteiger charge is -2.18. The highest BCUT2D eigenvalue weighted by Gasteiger charge is 2.05. The summed E-state index contributed by atoms with van der Waals surface area (Å²) in [6.45, 7) is 0.654. The van der Waals surface area contributed by atoms with Gasteiger partial charge in [-0.15, -0.1) is 0 Å². The largest absolute Gasteiger partial charge is 0.381 e. The third-order valence-electron chi connectivity index (χ3n) is 2.38. The van der Waals surface area contributed by atoms with E-state index in [0.717, 1.165) is 17.1 Å². The van der Waals surface area contributed by atoms with Crippen LogP contribution in [0.1, 0.15) is 12.8 Å². The summed E-state index contributed by atoms with van der Waals surface area (Å²) in [5.41, 5.74) is 6.79. The molecule has 4 heteroatoms. The molecule has 2 nitrogen and oxygen atoms in total. The van der Waals surface area contributed by atoms with Gasteiger partial charge in [-0.2, -0.15) is 11.8 Å². The summed E-state index contributed by atoms with van der Waals surface area (Å²) in [4.78, 5) is 0. The predicted molar refractivity (Wildman–Crippen MR) is 75.5 cm³/mol. The molecule has 3 N–H and O–H groups in total. The maximum absolute atomic E-state index is 5.92. The molecule has 0 aliphatic heterocycles. The number of nitrogens with two attached hydrogens (primary N) is 1. The smallest absolute Gasteiger partial charge is 0.0426 e.